The molecule has 15 heavy (non-hydrogen) atoms. The molecule has 0 radical (unpaired) electrons. The Balaban J connectivity index is 2.88. The summed E-state index contributed by atoms with van der Waals surface area (Å²) in [5.74, 6) is 1.70. The van der Waals surface area contributed by atoms with Crippen LogP contribution in [0, 0.1) is 5.92 Å². The van der Waals surface area contributed by atoms with Crippen LogP contribution in [-0.2, 0) is 0 Å². The lowest BCUT2D eigenvalue weighted by molar-refractivity contribution is 0.566. The topological polar surface area (TPSA) is 16.1 Å². The van der Waals surface area contributed by atoms with Gasteiger partial charge in [0.05, 0.1) is 0 Å². The molecule has 0 aliphatic heterocycles. The first-order valence-corrected chi connectivity index (χ1v) is 6.19. The van der Waals surface area contributed by atoms with Crippen molar-refractivity contribution >= 4 is 21.7 Å². The molecule has 0 aliphatic rings. The van der Waals surface area contributed by atoms with E-state index in [1.807, 2.05) is 12.1 Å². The minimum Gasteiger partial charge on any atom is -0.354 e. The fourth-order valence-electron chi connectivity index (χ4n) is 1.52. The van der Waals surface area contributed by atoms with Gasteiger partial charge in [0.25, 0.3) is 0 Å². The second kappa shape index (κ2) is 5.50. The van der Waals surface area contributed by atoms with Crippen LogP contribution in [-0.4, -0.2) is 17.6 Å². The Morgan fingerprint density at radius 3 is 2.40 bits per heavy atom. The van der Waals surface area contributed by atoms with E-state index in [4.69, 9.17) is 0 Å². The van der Waals surface area contributed by atoms with Crippen LogP contribution in [0.5, 0.6) is 0 Å². The van der Waals surface area contributed by atoms with Crippen LogP contribution in [0.1, 0.15) is 27.7 Å². The summed E-state index contributed by atoms with van der Waals surface area (Å²) in [5, 5.41) is 0. The fraction of sp³-hybridized carbons (Fsp3) is 0.583. The van der Waals surface area contributed by atoms with Crippen molar-refractivity contribution < 1.29 is 0 Å². The third kappa shape index (κ3) is 3.82. The first-order valence-electron chi connectivity index (χ1n) is 5.40. The van der Waals surface area contributed by atoms with Crippen molar-refractivity contribution in [1.29, 1.82) is 0 Å². The highest BCUT2D eigenvalue weighted by molar-refractivity contribution is 9.10. The van der Waals surface area contributed by atoms with E-state index >= 15 is 0 Å². The average molecular weight is 271 g/mol. The zero-order chi connectivity index (χ0) is 11.4. The monoisotopic (exact) mass is 270 g/mol. The van der Waals surface area contributed by atoms with Crippen LogP contribution in [0.3, 0.4) is 0 Å². The molecule has 0 aromatic carbocycles. The maximum atomic E-state index is 4.49. The molecule has 0 spiro atoms. The Morgan fingerprint density at radius 2 is 1.93 bits per heavy atom. The van der Waals surface area contributed by atoms with Crippen LogP contribution in [0.2, 0.25) is 0 Å². The molecular formula is C12H19BrN2. The maximum absolute atomic E-state index is 4.49. The van der Waals surface area contributed by atoms with Crippen LogP contribution in [0.4, 0.5) is 5.82 Å². The minimum atomic E-state index is 0.481. The van der Waals surface area contributed by atoms with E-state index in [0.717, 1.165) is 17.0 Å². The average Bonchev–Trinajstić information content (AvgIpc) is 2.13. The molecule has 2 nitrogen and oxygen atoms in total. The predicted molar refractivity (Wildman–Crippen MR) is 69.3 cm³/mol. The van der Waals surface area contributed by atoms with E-state index in [2.05, 4.69) is 59.6 Å². The molecule has 0 aliphatic carbocycles. The van der Waals surface area contributed by atoms with Crippen molar-refractivity contribution in [3.63, 3.8) is 0 Å². The number of rotatable bonds is 4. The van der Waals surface area contributed by atoms with Gasteiger partial charge in [0.1, 0.15) is 10.4 Å². The fourth-order valence-corrected chi connectivity index (χ4v) is 1.85. The van der Waals surface area contributed by atoms with Crippen molar-refractivity contribution in [3.05, 3.63) is 22.8 Å². The third-order valence-electron chi connectivity index (χ3n) is 2.18. The van der Waals surface area contributed by atoms with Gasteiger partial charge in [-0.3, -0.25) is 0 Å². The summed E-state index contributed by atoms with van der Waals surface area (Å²) >= 11 is 3.41. The zero-order valence-electron chi connectivity index (χ0n) is 9.87. The number of hydrogen-bond acceptors (Lipinski definition) is 2. The second-order valence-electron chi connectivity index (χ2n) is 4.46. The summed E-state index contributed by atoms with van der Waals surface area (Å²) in [4.78, 5) is 6.82. The molecular weight excluding hydrogens is 252 g/mol. The highest BCUT2D eigenvalue weighted by Gasteiger charge is 2.13. The number of pyridine rings is 1. The Morgan fingerprint density at radius 1 is 1.27 bits per heavy atom. The molecule has 0 saturated heterocycles. The van der Waals surface area contributed by atoms with E-state index in [1.54, 1.807) is 0 Å². The molecule has 0 fully saturated rings. The number of aromatic nitrogens is 1. The number of halogens is 1. The normalized spacial score (nSPS) is 11.1. The zero-order valence-corrected chi connectivity index (χ0v) is 11.5. The van der Waals surface area contributed by atoms with Crippen molar-refractivity contribution in [3.8, 4) is 0 Å². The van der Waals surface area contributed by atoms with Gasteiger partial charge in [-0.05, 0) is 47.8 Å². The van der Waals surface area contributed by atoms with Gasteiger partial charge in [-0.2, -0.15) is 0 Å². The second-order valence-corrected chi connectivity index (χ2v) is 5.27. The quantitative estimate of drug-likeness (QED) is 0.776. The summed E-state index contributed by atoms with van der Waals surface area (Å²) in [6, 6.07) is 6.53. The smallest absolute Gasteiger partial charge is 0.130 e. The number of anilines is 1. The minimum absolute atomic E-state index is 0.481. The SMILES string of the molecule is CC(C)CN(c1cccc(Br)n1)C(C)C. The Labute approximate surface area is 101 Å². The summed E-state index contributed by atoms with van der Waals surface area (Å²) in [5.41, 5.74) is 0. The van der Waals surface area contributed by atoms with Gasteiger partial charge in [-0.25, -0.2) is 4.98 Å². The molecule has 1 rings (SSSR count). The van der Waals surface area contributed by atoms with Crippen molar-refractivity contribution in [2.75, 3.05) is 11.4 Å². The van der Waals surface area contributed by atoms with Gasteiger partial charge in [0, 0.05) is 12.6 Å². The summed E-state index contributed by atoms with van der Waals surface area (Å²) < 4.78 is 0.898. The van der Waals surface area contributed by atoms with Gasteiger partial charge in [-0.15, -0.1) is 0 Å². The Kier molecular flexibility index (Phi) is 4.58. The molecule has 0 atom stereocenters. The first kappa shape index (κ1) is 12.5. The van der Waals surface area contributed by atoms with E-state index in [0.29, 0.717) is 12.0 Å². The van der Waals surface area contributed by atoms with Gasteiger partial charge < -0.3 is 4.90 Å². The molecule has 0 unspecified atom stereocenters. The largest absolute Gasteiger partial charge is 0.354 e. The van der Waals surface area contributed by atoms with Crippen molar-refractivity contribution in [2.45, 2.75) is 33.7 Å². The van der Waals surface area contributed by atoms with Crippen LogP contribution < -0.4 is 4.90 Å². The third-order valence-corrected chi connectivity index (χ3v) is 2.62. The summed E-state index contributed by atoms with van der Waals surface area (Å²) in [6.45, 7) is 9.90. The maximum Gasteiger partial charge on any atom is 0.130 e. The lowest BCUT2D eigenvalue weighted by Gasteiger charge is -2.29. The van der Waals surface area contributed by atoms with Gasteiger partial charge in [0.2, 0.25) is 0 Å². The van der Waals surface area contributed by atoms with Gasteiger partial charge in [0.15, 0.2) is 0 Å². The predicted octanol–water partition coefficient (Wildman–Crippen LogP) is 3.71. The van der Waals surface area contributed by atoms with Crippen LogP contribution in [0.15, 0.2) is 22.8 Å². The molecule has 0 bridgehead atoms. The molecule has 1 heterocycles. The standard InChI is InChI=1S/C12H19BrN2/c1-9(2)8-15(10(3)4)12-7-5-6-11(13)14-12/h5-7,9-10H,8H2,1-4H3. The number of nitrogens with zero attached hydrogens (tertiary/aromatic N) is 2. The van der Waals surface area contributed by atoms with Crippen LogP contribution in [0.25, 0.3) is 0 Å². The van der Waals surface area contributed by atoms with E-state index < -0.39 is 0 Å². The molecule has 1 aromatic rings. The Hall–Kier alpha value is -0.570. The number of hydrogen-bond donors (Lipinski definition) is 0. The van der Waals surface area contributed by atoms with Crippen molar-refractivity contribution in [2.24, 2.45) is 5.92 Å². The Bertz CT molecular complexity index is 310. The molecule has 3 heteroatoms. The summed E-state index contributed by atoms with van der Waals surface area (Å²) in [7, 11) is 0. The highest BCUT2D eigenvalue weighted by atomic mass is 79.9. The molecule has 1 aromatic heterocycles. The van der Waals surface area contributed by atoms with Crippen LogP contribution >= 0.6 is 15.9 Å². The van der Waals surface area contributed by atoms with Gasteiger partial charge >= 0.3 is 0 Å². The first-order chi connectivity index (χ1) is 7.00. The van der Waals surface area contributed by atoms with Gasteiger partial charge in [-0.1, -0.05) is 19.9 Å². The lowest BCUT2D eigenvalue weighted by atomic mass is 10.2. The molecule has 0 saturated carbocycles. The van der Waals surface area contributed by atoms with E-state index in [1.165, 1.54) is 0 Å². The molecule has 84 valence electrons. The highest BCUT2D eigenvalue weighted by Crippen LogP contribution is 2.18. The lowest BCUT2D eigenvalue weighted by Crippen LogP contribution is -2.34. The van der Waals surface area contributed by atoms with Crippen molar-refractivity contribution in [1.82, 2.24) is 4.98 Å². The van der Waals surface area contributed by atoms with E-state index in [-0.39, 0.29) is 0 Å². The summed E-state index contributed by atoms with van der Waals surface area (Å²) in [6.07, 6.45) is 0. The molecule has 0 N–H and O–H groups in total. The van der Waals surface area contributed by atoms with E-state index in [9.17, 15) is 0 Å². The molecule has 0 amide bonds.